The van der Waals surface area contributed by atoms with Crippen LogP contribution in [0.15, 0.2) is 24.1 Å². The van der Waals surface area contributed by atoms with E-state index >= 15 is 0 Å². The van der Waals surface area contributed by atoms with Crippen molar-refractivity contribution in [2.75, 3.05) is 0 Å². The van der Waals surface area contributed by atoms with Crippen LogP contribution in [0.4, 0.5) is 48.3 Å². The van der Waals surface area contributed by atoms with Crippen LogP contribution in [-0.4, -0.2) is 29.0 Å². The van der Waals surface area contributed by atoms with Gasteiger partial charge >= 0.3 is 24.4 Å². The molecule has 0 aliphatic heterocycles. The molecule has 33 heavy (non-hydrogen) atoms. The standard InChI is InChI=1S/C21H25F11O/c1-11(13-7-6-12-4-2-3-5-14(12)9-13)8-15(19(25,26)16(22)17(23)24)10-18(33,20(27,28)29)21(30,31)32/h12-15,33H,1-10H2. The molecule has 0 radical (unpaired) electrons. The molecular weight excluding hydrogens is 477 g/mol. The maximum Gasteiger partial charge on any atom is 0.426 e. The van der Waals surface area contributed by atoms with Crippen LogP contribution in [0.1, 0.15) is 57.8 Å². The summed E-state index contributed by atoms with van der Waals surface area (Å²) in [5.74, 6) is -12.0. The number of hydrogen-bond acceptors (Lipinski definition) is 1. The molecule has 0 saturated heterocycles. The second-order valence-corrected chi connectivity index (χ2v) is 9.13. The third kappa shape index (κ3) is 5.85. The van der Waals surface area contributed by atoms with Crippen molar-refractivity contribution >= 4 is 0 Å². The minimum Gasteiger partial charge on any atom is -0.374 e. The summed E-state index contributed by atoms with van der Waals surface area (Å²) in [6.45, 7) is 3.52. The zero-order chi connectivity index (χ0) is 25.4. The number of hydrogen-bond donors (Lipinski definition) is 1. The van der Waals surface area contributed by atoms with Gasteiger partial charge in [-0.2, -0.15) is 48.3 Å². The second kappa shape index (κ2) is 9.73. The Bertz CT molecular complexity index is 719. The molecule has 0 aromatic rings. The first-order valence-corrected chi connectivity index (χ1v) is 10.5. The molecule has 1 N–H and O–H groups in total. The molecule has 12 heteroatoms. The Hall–Kier alpha value is -1.33. The van der Waals surface area contributed by atoms with Gasteiger partial charge in [-0.3, -0.25) is 0 Å². The second-order valence-electron chi connectivity index (χ2n) is 9.13. The fourth-order valence-corrected chi connectivity index (χ4v) is 5.11. The van der Waals surface area contributed by atoms with Gasteiger partial charge in [-0.25, -0.2) is 0 Å². The van der Waals surface area contributed by atoms with E-state index < -0.39 is 60.5 Å². The zero-order valence-electron chi connectivity index (χ0n) is 17.5. The monoisotopic (exact) mass is 502 g/mol. The molecule has 0 amide bonds. The van der Waals surface area contributed by atoms with Crippen LogP contribution in [0, 0.1) is 23.7 Å². The SMILES string of the molecule is C=C(CC(CC(O)(C(F)(F)F)C(F)(F)F)C(F)(F)C(F)=C(F)F)C1CCC2CCCCC2C1. The van der Waals surface area contributed by atoms with Crippen LogP contribution in [0.5, 0.6) is 0 Å². The van der Waals surface area contributed by atoms with E-state index in [1.54, 1.807) is 0 Å². The van der Waals surface area contributed by atoms with Gasteiger partial charge in [0.1, 0.15) is 0 Å². The van der Waals surface area contributed by atoms with Crippen molar-refractivity contribution in [3.63, 3.8) is 0 Å². The van der Waals surface area contributed by atoms with Crippen LogP contribution >= 0.6 is 0 Å². The van der Waals surface area contributed by atoms with E-state index in [0.29, 0.717) is 25.2 Å². The van der Waals surface area contributed by atoms with Crippen molar-refractivity contribution in [3.05, 3.63) is 24.1 Å². The molecule has 0 aromatic carbocycles. The molecule has 0 aromatic heterocycles. The van der Waals surface area contributed by atoms with Crippen LogP contribution in [0.25, 0.3) is 0 Å². The first-order valence-electron chi connectivity index (χ1n) is 10.5. The number of aliphatic hydroxyl groups is 1. The van der Waals surface area contributed by atoms with Crippen molar-refractivity contribution in [1.29, 1.82) is 0 Å². The van der Waals surface area contributed by atoms with Crippen LogP contribution in [-0.2, 0) is 0 Å². The Balaban J connectivity index is 2.35. The molecule has 0 heterocycles. The quantitative estimate of drug-likeness (QED) is 0.275. The summed E-state index contributed by atoms with van der Waals surface area (Å²) in [6.07, 6.45) is -15.3. The molecule has 2 aliphatic carbocycles. The van der Waals surface area contributed by atoms with E-state index in [0.717, 1.165) is 25.7 Å². The summed E-state index contributed by atoms with van der Waals surface area (Å²) in [7, 11) is 0. The van der Waals surface area contributed by atoms with Gasteiger partial charge in [0, 0.05) is 12.3 Å². The molecule has 192 valence electrons. The van der Waals surface area contributed by atoms with Crippen molar-refractivity contribution in [2.24, 2.45) is 23.7 Å². The summed E-state index contributed by atoms with van der Waals surface area (Å²) in [5, 5.41) is 9.38. The number of halogens is 11. The van der Waals surface area contributed by atoms with E-state index in [9.17, 15) is 53.4 Å². The van der Waals surface area contributed by atoms with Crippen molar-refractivity contribution in [3.8, 4) is 0 Å². The molecule has 0 spiro atoms. The van der Waals surface area contributed by atoms with E-state index in [1.807, 2.05) is 0 Å². The third-order valence-electron chi connectivity index (χ3n) is 7.08. The van der Waals surface area contributed by atoms with Crippen molar-refractivity contribution in [2.45, 2.75) is 81.7 Å². The summed E-state index contributed by atoms with van der Waals surface area (Å²) >= 11 is 0. The Kier molecular flexibility index (Phi) is 8.23. The lowest BCUT2D eigenvalue weighted by Gasteiger charge is -2.41. The van der Waals surface area contributed by atoms with Gasteiger partial charge in [0.05, 0.1) is 0 Å². The topological polar surface area (TPSA) is 20.2 Å². The smallest absolute Gasteiger partial charge is 0.374 e. The first-order chi connectivity index (χ1) is 14.9. The summed E-state index contributed by atoms with van der Waals surface area (Å²) < 4.78 is 146. The van der Waals surface area contributed by atoms with E-state index in [2.05, 4.69) is 6.58 Å². The van der Waals surface area contributed by atoms with Gasteiger partial charge in [0.15, 0.2) is 0 Å². The minimum atomic E-state index is -6.46. The highest BCUT2D eigenvalue weighted by atomic mass is 19.4. The molecule has 0 bridgehead atoms. The highest BCUT2D eigenvalue weighted by molar-refractivity contribution is 5.14. The van der Waals surface area contributed by atoms with Gasteiger partial charge in [-0.15, -0.1) is 0 Å². The number of rotatable bonds is 7. The zero-order valence-corrected chi connectivity index (χ0v) is 17.5. The number of alkyl halides is 8. The summed E-state index contributed by atoms with van der Waals surface area (Å²) in [5.41, 5.74) is -5.81. The Morgan fingerprint density at radius 1 is 0.818 bits per heavy atom. The Morgan fingerprint density at radius 3 is 1.82 bits per heavy atom. The first kappa shape index (κ1) is 27.9. The molecule has 1 nitrogen and oxygen atoms in total. The molecule has 2 fully saturated rings. The Labute approximate surface area is 183 Å². The van der Waals surface area contributed by atoms with Crippen molar-refractivity contribution in [1.82, 2.24) is 0 Å². The van der Waals surface area contributed by atoms with Gasteiger partial charge in [0.2, 0.25) is 5.83 Å². The van der Waals surface area contributed by atoms with Gasteiger partial charge in [0.25, 0.3) is 5.60 Å². The normalized spacial score (nSPS) is 25.9. The average molecular weight is 502 g/mol. The third-order valence-corrected chi connectivity index (χ3v) is 7.08. The fourth-order valence-electron chi connectivity index (χ4n) is 5.11. The minimum absolute atomic E-state index is 0.164. The molecular formula is C21H25F11O. The highest BCUT2D eigenvalue weighted by Crippen LogP contribution is 2.53. The number of allylic oxidation sites excluding steroid dienone is 2. The van der Waals surface area contributed by atoms with Crippen LogP contribution in [0.3, 0.4) is 0 Å². The van der Waals surface area contributed by atoms with E-state index in [1.165, 1.54) is 0 Å². The average Bonchev–Trinajstić information content (AvgIpc) is 2.70. The predicted molar refractivity (Wildman–Crippen MR) is 97.0 cm³/mol. The summed E-state index contributed by atoms with van der Waals surface area (Å²) in [4.78, 5) is 0. The van der Waals surface area contributed by atoms with Crippen molar-refractivity contribution < 1.29 is 53.4 Å². The lowest BCUT2D eigenvalue weighted by atomic mass is 9.65. The largest absolute Gasteiger partial charge is 0.426 e. The van der Waals surface area contributed by atoms with Gasteiger partial charge in [-0.05, 0) is 43.4 Å². The van der Waals surface area contributed by atoms with Gasteiger partial charge in [-0.1, -0.05) is 37.8 Å². The lowest BCUT2D eigenvalue weighted by Crippen LogP contribution is -2.59. The predicted octanol–water partition coefficient (Wildman–Crippen LogP) is 8.11. The van der Waals surface area contributed by atoms with Crippen LogP contribution < -0.4 is 0 Å². The van der Waals surface area contributed by atoms with E-state index in [-0.39, 0.29) is 11.5 Å². The maximum atomic E-state index is 14.4. The van der Waals surface area contributed by atoms with Crippen LogP contribution in [0.2, 0.25) is 0 Å². The van der Waals surface area contributed by atoms with E-state index in [4.69, 9.17) is 0 Å². The molecule has 4 atom stereocenters. The number of fused-ring (bicyclic) bond motifs is 1. The lowest BCUT2D eigenvalue weighted by molar-refractivity contribution is -0.375. The Morgan fingerprint density at radius 2 is 1.33 bits per heavy atom. The molecule has 2 aliphatic rings. The van der Waals surface area contributed by atoms with Gasteiger partial charge < -0.3 is 5.11 Å². The molecule has 4 unspecified atom stereocenters. The highest BCUT2D eigenvalue weighted by Gasteiger charge is 2.72. The summed E-state index contributed by atoms with van der Waals surface area (Å²) in [6, 6.07) is 0. The molecule has 2 saturated carbocycles. The fraction of sp³-hybridized carbons (Fsp3) is 0.810. The molecule has 2 rings (SSSR count). The maximum absolute atomic E-state index is 14.4.